The highest BCUT2D eigenvalue weighted by atomic mass is 32.1. The van der Waals surface area contributed by atoms with Gasteiger partial charge in [-0.3, -0.25) is 14.9 Å². The van der Waals surface area contributed by atoms with E-state index >= 15 is 0 Å². The zero-order valence-corrected chi connectivity index (χ0v) is 10.4. The van der Waals surface area contributed by atoms with Crippen molar-refractivity contribution in [3.8, 4) is 0 Å². The van der Waals surface area contributed by atoms with Crippen molar-refractivity contribution in [2.24, 2.45) is 0 Å². The summed E-state index contributed by atoms with van der Waals surface area (Å²) in [6, 6.07) is 6.02. The molecule has 2 rings (SSSR count). The van der Waals surface area contributed by atoms with Crippen molar-refractivity contribution in [3.63, 3.8) is 0 Å². The summed E-state index contributed by atoms with van der Waals surface area (Å²) in [6.07, 6.45) is 0. The number of nitro benzene ring substituents is 1. The van der Waals surface area contributed by atoms with Crippen LogP contribution in [0.25, 0.3) is 0 Å². The first-order valence-electron chi connectivity index (χ1n) is 5.17. The van der Waals surface area contributed by atoms with Crippen LogP contribution < -0.4 is 11.1 Å². The number of carbonyl (C=O) groups is 1. The molecule has 0 saturated heterocycles. The van der Waals surface area contributed by atoms with E-state index in [2.05, 4.69) is 15.5 Å². The lowest BCUT2D eigenvalue weighted by molar-refractivity contribution is -0.384. The molecule has 1 aromatic carbocycles. The first-order valence-corrected chi connectivity index (χ1v) is 5.98. The van der Waals surface area contributed by atoms with Crippen LogP contribution in [-0.4, -0.2) is 21.0 Å². The highest BCUT2D eigenvalue weighted by Crippen LogP contribution is 2.14. The number of aromatic nitrogens is 2. The fourth-order valence-corrected chi connectivity index (χ4v) is 1.89. The van der Waals surface area contributed by atoms with Crippen LogP contribution in [0.2, 0.25) is 0 Å². The van der Waals surface area contributed by atoms with Gasteiger partial charge in [0.25, 0.3) is 11.6 Å². The molecule has 0 saturated carbocycles. The third-order valence-electron chi connectivity index (χ3n) is 2.21. The Bertz CT molecular complexity index is 627. The molecule has 0 spiro atoms. The number of amides is 1. The Hall–Kier alpha value is -2.55. The molecule has 0 bridgehead atoms. The van der Waals surface area contributed by atoms with E-state index in [1.165, 1.54) is 12.1 Å². The number of nitrogens with two attached hydrogens (primary N) is 1. The average Bonchev–Trinajstić information content (AvgIpc) is 2.83. The van der Waals surface area contributed by atoms with E-state index in [-0.39, 0.29) is 22.4 Å². The van der Waals surface area contributed by atoms with Crippen LogP contribution in [0.5, 0.6) is 0 Å². The first-order chi connectivity index (χ1) is 9.06. The Kier molecular flexibility index (Phi) is 3.66. The predicted octanol–water partition coefficient (Wildman–Crippen LogP) is 0.958. The maximum absolute atomic E-state index is 11.7. The van der Waals surface area contributed by atoms with Gasteiger partial charge in [-0.1, -0.05) is 23.5 Å². The number of carbonyl (C=O) groups excluding carboxylic acids is 1. The van der Waals surface area contributed by atoms with Crippen LogP contribution in [0.15, 0.2) is 24.3 Å². The van der Waals surface area contributed by atoms with E-state index in [1.807, 2.05) is 0 Å². The largest absolute Gasteiger partial charge is 0.374 e. The summed E-state index contributed by atoms with van der Waals surface area (Å²) < 4.78 is 0. The van der Waals surface area contributed by atoms with Crippen LogP contribution >= 0.6 is 11.3 Å². The molecule has 0 aliphatic heterocycles. The van der Waals surface area contributed by atoms with Gasteiger partial charge in [0.15, 0.2) is 0 Å². The van der Waals surface area contributed by atoms with Gasteiger partial charge < -0.3 is 11.1 Å². The second-order valence-corrected chi connectivity index (χ2v) is 4.56. The Morgan fingerprint density at radius 3 is 2.89 bits per heavy atom. The van der Waals surface area contributed by atoms with Crippen LogP contribution in [0.3, 0.4) is 0 Å². The van der Waals surface area contributed by atoms with Gasteiger partial charge in [0.05, 0.1) is 4.92 Å². The van der Waals surface area contributed by atoms with Crippen molar-refractivity contribution in [1.82, 2.24) is 15.5 Å². The van der Waals surface area contributed by atoms with E-state index in [0.29, 0.717) is 5.56 Å². The molecule has 0 aliphatic carbocycles. The summed E-state index contributed by atoms with van der Waals surface area (Å²) in [4.78, 5) is 21.8. The number of benzene rings is 1. The number of anilines is 1. The molecule has 3 N–H and O–H groups in total. The van der Waals surface area contributed by atoms with Crippen molar-refractivity contribution >= 4 is 28.1 Å². The van der Waals surface area contributed by atoms with Crippen molar-refractivity contribution in [3.05, 3.63) is 45.0 Å². The van der Waals surface area contributed by atoms with Crippen molar-refractivity contribution < 1.29 is 9.72 Å². The topological polar surface area (TPSA) is 124 Å². The molecule has 1 heterocycles. The maximum Gasteiger partial charge on any atom is 0.282 e. The Morgan fingerprint density at radius 2 is 2.26 bits per heavy atom. The predicted molar refractivity (Wildman–Crippen MR) is 68.6 cm³/mol. The second kappa shape index (κ2) is 5.40. The van der Waals surface area contributed by atoms with Gasteiger partial charge in [-0.05, 0) is 5.56 Å². The molecule has 0 fully saturated rings. The quantitative estimate of drug-likeness (QED) is 0.634. The molecule has 0 radical (unpaired) electrons. The highest BCUT2D eigenvalue weighted by molar-refractivity contribution is 7.16. The molecule has 1 aromatic heterocycles. The van der Waals surface area contributed by atoms with Gasteiger partial charge in [-0.15, -0.1) is 10.2 Å². The van der Waals surface area contributed by atoms with E-state index in [9.17, 15) is 14.9 Å². The summed E-state index contributed by atoms with van der Waals surface area (Å²) in [6.45, 7) is 0.167. The van der Waals surface area contributed by atoms with Crippen LogP contribution in [0.1, 0.15) is 15.4 Å². The minimum atomic E-state index is -0.489. The molecule has 0 unspecified atom stereocenters. The van der Waals surface area contributed by atoms with E-state index in [4.69, 9.17) is 5.73 Å². The van der Waals surface area contributed by atoms with Gasteiger partial charge in [-0.2, -0.15) is 0 Å². The van der Waals surface area contributed by atoms with Crippen LogP contribution in [-0.2, 0) is 6.54 Å². The van der Waals surface area contributed by atoms with E-state index in [0.717, 1.165) is 11.3 Å². The number of rotatable bonds is 4. The number of nitrogens with zero attached hydrogens (tertiary/aromatic N) is 3. The first kappa shape index (κ1) is 12.9. The van der Waals surface area contributed by atoms with Gasteiger partial charge in [0.2, 0.25) is 10.1 Å². The van der Waals surface area contributed by atoms with Crippen molar-refractivity contribution in [2.45, 2.75) is 6.54 Å². The zero-order chi connectivity index (χ0) is 13.8. The summed E-state index contributed by atoms with van der Waals surface area (Å²) in [5.41, 5.74) is 5.97. The van der Waals surface area contributed by atoms with Gasteiger partial charge in [-0.25, -0.2) is 0 Å². The van der Waals surface area contributed by atoms with E-state index in [1.54, 1.807) is 12.1 Å². The van der Waals surface area contributed by atoms with E-state index < -0.39 is 10.8 Å². The Labute approximate surface area is 111 Å². The summed E-state index contributed by atoms with van der Waals surface area (Å²) in [5.74, 6) is -0.416. The molecule has 19 heavy (non-hydrogen) atoms. The van der Waals surface area contributed by atoms with Crippen molar-refractivity contribution in [1.29, 1.82) is 0 Å². The monoisotopic (exact) mass is 279 g/mol. The average molecular weight is 279 g/mol. The number of nitro groups is 1. The summed E-state index contributed by atoms with van der Waals surface area (Å²) in [7, 11) is 0. The molecular weight excluding hydrogens is 270 g/mol. The lowest BCUT2D eigenvalue weighted by Gasteiger charge is -2.02. The van der Waals surface area contributed by atoms with Gasteiger partial charge in [0.1, 0.15) is 0 Å². The maximum atomic E-state index is 11.7. The smallest absolute Gasteiger partial charge is 0.282 e. The number of hydrogen-bond donors (Lipinski definition) is 2. The molecule has 98 valence electrons. The Morgan fingerprint density at radius 1 is 1.47 bits per heavy atom. The van der Waals surface area contributed by atoms with Crippen LogP contribution in [0.4, 0.5) is 10.8 Å². The van der Waals surface area contributed by atoms with Gasteiger partial charge >= 0.3 is 0 Å². The molecule has 2 aromatic rings. The molecule has 1 amide bonds. The molecule has 0 aliphatic rings. The number of nitrogens with one attached hydrogen (secondary N) is 1. The number of hydrogen-bond acceptors (Lipinski definition) is 7. The van der Waals surface area contributed by atoms with Crippen LogP contribution in [0, 0.1) is 10.1 Å². The molecule has 9 heteroatoms. The zero-order valence-electron chi connectivity index (χ0n) is 9.57. The van der Waals surface area contributed by atoms with Gasteiger partial charge in [0, 0.05) is 18.7 Å². The minimum Gasteiger partial charge on any atom is -0.374 e. The van der Waals surface area contributed by atoms with Crippen molar-refractivity contribution in [2.75, 3.05) is 5.73 Å². The highest BCUT2D eigenvalue weighted by Gasteiger charge is 2.12. The minimum absolute atomic E-state index is 0.0214. The molecular formula is C10H9N5O3S. The number of nitrogen functional groups attached to an aromatic ring is 1. The summed E-state index contributed by atoms with van der Waals surface area (Å²) >= 11 is 0.974. The summed E-state index contributed by atoms with van der Waals surface area (Å²) in [5, 5.41) is 20.7. The molecule has 8 nitrogen and oxygen atoms in total. The third kappa shape index (κ3) is 3.22. The normalized spacial score (nSPS) is 10.1. The SMILES string of the molecule is Nc1nnc(C(=O)NCc2cccc([N+](=O)[O-])c2)s1. The standard InChI is InChI=1S/C10H9N5O3S/c11-10-14-13-9(19-10)8(16)12-5-6-2-1-3-7(4-6)15(17)18/h1-4H,5H2,(H2,11,14)(H,12,16). The fraction of sp³-hybridized carbons (Fsp3) is 0.100. The second-order valence-electron chi connectivity index (χ2n) is 3.56. The lowest BCUT2D eigenvalue weighted by atomic mass is 10.2. The fourth-order valence-electron chi connectivity index (χ4n) is 1.36. The third-order valence-corrected chi connectivity index (χ3v) is 2.96. The lowest BCUT2D eigenvalue weighted by Crippen LogP contribution is -2.22. The Balaban J connectivity index is 2.01. The molecule has 0 atom stereocenters. The number of non-ortho nitro benzene ring substituents is 1.